The fourth-order valence-electron chi connectivity index (χ4n) is 4.04. The van der Waals surface area contributed by atoms with E-state index in [1.54, 1.807) is 30.3 Å². The fraction of sp³-hybridized carbons (Fsp3) is 0.143. The SMILES string of the molecule is COC(=O)c1cccc(N2CC(Oc3ccc(Oc4ccc(C#N)cc4)cc3)C2)c1-n1cccc1. The van der Waals surface area contributed by atoms with E-state index in [9.17, 15) is 4.79 Å². The highest BCUT2D eigenvalue weighted by Gasteiger charge is 2.32. The van der Waals surface area contributed by atoms with Gasteiger partial charge in [-0.2, -0.15) is 5.26 Å². The molecule has 0 unspecified atom stereocenters. The Morgan fingerprint density at radius 2 is 1.51 bits per heavy atom. The maximum Gasteiger partial charge on any atom is 0.340 e. The lowest BCUT2D eigenvalue weighted by Crippen LogP contribution is -2.54. The molecule has 3 aromatic carbocycles. The number of aromatic nitrogens is 1. The Labute approximate surface area is 203 Å². The van der Waals surface area contributed by atoms with Crippen molar-refractivity contribution in [2.24, 2.45) is 0 Å². The van der Waals surface area contributed by atoms with E-state index < -0.39 is 0 Å². The predicted molar refractivity (Wildman–Crippen MR) is 131 cm³/mol. The summed E-state index contributed by atoms with van der Waals surface area (Å²) in [5.41, 5.74) is 2.86. The van der Waals surface area contributed by atoms with Gasteiger partial charge in [0.1, 0.15) is 23.4 Å². The van der Waals surface area contributed by atoms with Crippen LogP contribution in [0.3, 0.4) is 0 Å². The number of rotatable bonds is 7. The van der Waals surface area contributed by atoms with Crippen molar-refractivity contribution in [3.63, 3.8) is 0 Å². The summed E-state index contributed by atoms with van der Waals surface area (Å²) < 4.78 is 18.9. The summed E-state index contributed by atoms with van der Waals surface area (Å²) >= 11 is 0. The Bertz CT molecular complexity index is 1350. The van der Waals surface area contributed by atoms with Crippen LogP contribution in [0.2, 0.25) is 0 Å². The molecule has 0 aliphatic carbocycles. The fourth-order valence-corrected chi connectivity index (χ4v) is 4.04. The number of anilines is 1. The molecule has 0 N–H and O–H groups in total. The Balaban J connectivity index is 1.24. The molecule has 1 saturated heterocycles. The summed E-state index contributed by atoms with van der Waals surface area (Å²) in [4.78, 5) is 14.6. The molecule has 0 bridgehead atoms. The molecular weight excluding hydrogens is 442 g/mol. The lowest BCUT2D eigenvalue weighted by molar-refractivity contribution is 0.0600. The summed E-state index contributed by atoms with van der Waals surface area (Å²) in [6, 6.07) is 26.0. The molecule has 35 heavy (non-hydrogen) atoms. The third-order valence-corrected chi connectivity index (χ3v) is 5.82. The van der Waals surface area contributed by atoms with E-state index in [0.717, 1.165) is 17.1 Å². The minimum atomic E-state index is -0.368. The van der Waals surface area contributed by atoms with Gasteiger partial charge in [-0.15, -0.1) is 0 Å². The number of hydrogen-bond donors (Lipinski definition) is 0. The third-order valence-electron chi connectivity index (χ3n) is 5.82. The van der Waals surface area contributed by atoms with Crippen molar-refractivity contribution in [2.45, 2.75) is 6.10 Å². The second-order valence-corrected chi connectivity index (χ2v) is 8.11. The van der Waals surface area contributed by atoms with Crippen molar-refractivity contribution in [2.75, 3.05) is 25.1 Å². The number of ether oxygens (including phenoxy) is 3. The average molecular weight is 466 g/mol. The molecule has 0 atom stereocenters. The highest BCUT2D eigenvalue weighted by molar-refractivity contribution is 5.96. The molecule has 4 aromatic rings. The number of benzene rings is 3. The zero-order chi connectivity index (χ0) is 24.2. The van der Waals surface area contributed by atoms with Gasteiger partial charge in [-0.1, -0.05) is 6.07 Å². The normalized spacial score (nSPS) is 13.0. The first kappa shape index (κ1) is 22.1. The molecule has 7 heteroatoms. The van der Waals surface area contributed by atoms with Gasteiger partial charge >= 0.3 is 5.97 Å². The lowest BCUT2D eigenvalue weighted by Gasteiger charge is -2.41. The minimum absolute atomic E-state index is 0.0274. The Morgan fingerprint density at radius 3 is 2.14 bits per heavy atom. The van der Waals surface area contributed by atoms with Crippen LogP contribution in [0.15, 0.2) is 91.3 Å². The van der Waals surface area contributed by atoms with Crippen LogP contribution in [0.1, 0.15) is 15.9 Å². The van der Waals surface area contributed by atoms with E-state index in [-0.39, 0.29) is 12.1 Å². The van der Waals surface area contributed by atoms with Gasteiger partial charge in [-0.3, -0.25) is 0 Å². The van der Waals surface area contributed by atoms with E-state index >= 15 is 0 Å². The van der Waals surface area contributed by atoms with Gasteiger partial charge in [0, 0.05) is 12.4 Å². The maximum absolute atomic E-state index is 12.4. The first-order valence-corrected chi connectivity index (χ1v) is 11.2. The van der Waals surface area contributed by atoms with Crippen molar-refractivity contribution < 1.29 is 19.0 Å². The first-order chi connectivity index (χ1) is 17.1. The zero-order valence-corrected chi connectivity index (χ0v) is 19.1. The maximum atomic E-state index is 12.4. The highest BCUT2D eigenvalue weighted by Crippen LogP contribution is 2.33. The topological polar surface area (TPSA) is 76.7 Å². The van der Waals surface area contributed by atoms with E-state index in [1.165, 1.54) is 7.11 Å². The predicted octanol–water partition coefficient (Wildman–Crippen LogP) is 5.20. The van der Waals surface area contributed by atoms with Gasteiger partial charge < -0.3 is 23.7 Å². The smallest absolute Gasteiger partial charge is 0.340 e. The quantitative estimate of drug-likeness (QED) is 0.350. The molecule has 0 radical (unpaired) electrons. The third kappa shape index (κ3) is 4.68. The molecule has 0 amide bonds. The van der Waals surface area contributed by atoms with Crippen molar-refractivity contribution in [3.8, 4) is 29.0 Å². The molecule has 1 aliphatic heterocycles. The van der Waals surface area contributed by atoms with Gasteiger partial charge in [-0.25, -0.2) is 4.79 Å². The average Bonchev–Trinajstić information content (AvgIpc) is 3.41. The number of nitrogens with zero attached hydrogens (tertiary/aromatic N) is 3. The Morgan fingerprint density at radius 1 is 0.886 bits per heavy atom. The van der Waals surface area contributed by atoms with E-state index in [2.05, 4.69) is 11.0 Å². The number of hydrogen-bond acceptors (Lipinski definition) is 6. The number of carbonyl (C=O) groups excluding carboxylic acids is 1. The summed E-state index contributed by atoms with van der Waals surface area (Å²) in [6.45, 7) is 1.39. The number of carbonyl (C=O) groups is 1. The molecule has 0 spiro atoms. The van der Waals surface area contributed by atoms with Gasteiger partial charge in [0.15, 0.2) is 0 Å². The van der Waals surface area contributed by atoms with E-state index in [0.29, 0.717) is 35.7 Å². The van der Waals surface area contributed by atoms with Crippen molar-refractivity contribution in [1.82, 2.24) is 4.57 Å². The number of para-hydroxylation sites is 1. The second-order valence-electron chi connectivity index (χ2n) is 8.11. The van der Waals surface area contributed by atoms with E-state index in [1.807, 2.05) is 65.5 Å². The van der Waals surface area contributed by atoms with Crippen LogP contribution in [0.5, 0.6) is 17.2 Å². The highest BCUT2D eigenvalue weighted by atomic mass is 16.5. The van der Waals surface area contributed by atoms with Crippen LogP contribution in [0, 0.1) is 11.3 Å². The van der Waals surface area contributed by atoms with Crippen LogP contribution in [-0.2, 0) is 4.74 Å². The molecule has 1 fully saturated rings. The molecule has 1 aromatic heterocycles. The Kier molecular flexibility index (Phi) is 6.10. The first-order valence-electron chi connectivity index (χ1n) is 11.2. The zero-order valence-electron chi connectivity index (χ0n) is 19.1. The summed E-state index contributed by atoms with van der Waals surface area (Å²) in [5, 5.41) is 8.90. The van der Waals surface area contributed by atoms with Crippen molar-refractivity contribution in [3.05, 3.63) is 102 Å². The van der Waals surface area contributed by atoms with Gasteiger partial charge in [0.05, 0.1) is 48.8 Å². The van der Waals surface area contributed by atoms with E-state index in [4.69, 9.17) is 19.5 Å². The molecule has 0 saturated carbocycles. The van der Waals surface area contributed by atoms with Crippen molar-refractivity contribution >= 4 is 11.7 Å². The van der Waals surface area contributed by atoms with Crippen LogP contribution < -0.4 is 14.4 Å². The van der Waals surface area contributed by atoms with Crippen LogP contribution in [0.4, 0.5) is 5.69 Å². The Hall–Kier alpha value is -4.70. The van der Waals surface area contributed by atoms with Crippen LogP contribution in [-0.4, -0.2) is 36.8 Å². The molecular formula is C28H23N3O4. The molecule has 1 aliphatic rings. The molecule has 5 rings (SSSR count). The minimum Gasteiger partial charge on any atom is -0.487 e. The van der Waals surface area contributed by atoms with Gasteiger partial charge in [-0.05, 0) is 72.8 Å². The number of esters is 1. The number of nitriles is 1. The van der Waals surface area contributed by atoms with Crippen molar-refractivity contribution in [1.29, 1.82) is 5.26 Å². The summed E-state index contributed by atoms with van der Waals surface area (Å²) in [7, 11) is 1.39. The monoisotopic (exact) mass is 465 g/mol. The lowest BCUT2D eigenvalue weighted by atomic mass is 10.1. The number of methoxy groups -OCH3 is 1. The van der Waals surface area contributed by atoms with Crippen LogP contribution in [0.25, 0.3) is 5.69 Å². The van der Waals surface area contributed by atoms with Gasteiger partial charge in [0.2, 0.25) is 0 Å². The molecule has 174 valence electrons. The summed E-state index contributed by atoms with van der Waals surface area (Å²) in [6.07, 6.45) is 3.86. The van der Waals surface area contributed by atoms with Gasteiger partial charge in [0.25, 0.3) is 0 Å². The second kappa shape index (κ2) is 9.65. The standard InChI is InChI=1S/C28H23N3O4/c1-33-28(32)25-5-4-6-26(27(25)30-15-2-3-16-30)31-18-24(19-31)35-23-13-11-22(12-14-23)34-21-9-7-20(17-29)8-10-21/h2-16,24H,18-19H2,1H3. The summed E-state index contributed by atoms with van der Waals surface area (Å²) in [5.74, 6) is 1.75. The largest absolute Gasteiger partial charge is 0.487 e. The molecule has 2 heterocycles. The molecule has 7 nitrogen and oxygen atoms in total. The van der Waals surface area contributed by atoms with Crippen LogP contribution >= 0.6 is 0 Å².